The highest BCUT2D eigenvalue weighted by Gasteiger charge is 2.35. The first-order valence-electron chi connectivity index (χ1n) is 10.0. The standard InChI is InChI=1S/C22H25ClN2O3S/c1-16-4-9-21-18(15-16)3-2-12-25(21)22(26)17-10-13-24(14-11-17)29(27,28)20-7-5-19(23)6-8-20/h4-9,15,17H,2-3,10-14H2,1H3. The third-order valence-corrected chi connectivity index (χ3v) is 8.04. The van der Waals surface area contributed by atoms with Crippen molar-refractivity contribution in [2.45, 2.75) is 37.5 Å². The van der Waals surface area contributed by atoms with Crippen molar-refractivity contribution in [2.24, 2.45) is 5.92 Å². The number of benzene rings is 2. The van der Waals surface area contributed by atoms with Gasteiger partial charge in [0.1, 0.15) is 0 Å². The third kappa shape index (κ3) is 4.06. The average molecular weight is 433 g/mol. The van der Waals surface area contributed by atoms with Gasteiger partial charge < -0.3 is 4.90 Å². The lowest BCUT2D eigenvalue weighted by Crippen LogP contribution is -2.45. The highest BCUT2D eigenvalue weighted by atomic mass is 35.5. The lowest BCUT2D eigenvalue weighted by molar-refractivity contribution is -0.123. The van der Waals surface area contributed by atoms with Crippen LogP contribution in [-0.4, -0.2) is 38.3 Å². The summed E-state index contributed by atoms with van der Waals surface area (Å²) in [7, 11) is -3.56. The van der Waals surface area contributed by atoms with Gasteiger partial charge in [-0.15, -0.1) is 0 Å². The van der Waals surface area contributed by atoms with E-state index in [4.69, 9.17) is 11.6 Å². The molecule has 0 aromatic heterocycles. The number of carbonyl (C=O) groups is 1. The number of anilines is 1. The van der Waals surface area contributed by atoms with Crippen molar-refractivity contribution in [3.8, 4) is 0 Å². The van der Waals surface area contributed by atoms with Crippen LogP contribution in [0.1, 0.15) is 30.4 Å². The molecule has 2 aromatic carbocycles. The molecule has 1 amide bonds. The van der Waals surface area contributed by atoms with Crippen molar-refractivity contribution < 1.29 is 13.2 Å². The van der Waals surface area contributed by atoms with Crippen molar-refractivity contribution in [3.05, 3.63) is 58.6 Å². The molecule has 2 aliphatic rings. The van der Waals surface area contributed by atoms with E-state index in [1.165, 1.54) is 27.6 Å². The molecule has 0 N–H and O–H groups in total. The van der Waals surface area contributed by atoms with E-state index >= 15 is 0 Å². The van der Waals surface area contributed by atoms with Crippen molar-refractivity contribution in [2.75, 3.05) is 24.5 Å². The van der Waals surface area contributed by atoms with Gasteiger partial charge in [0.2, 0.25) is 15.9 Å². The summed E-state index contributed by atoms with van der Waals surface area (Å²) in [5.41, 5.74) is 3.45. The molecular formula is C22H25ClN2O3S. The van der Waals surface area contributed by atoms with Gasteiger partial charge in [0, 0.05) is 36.3 Å². The van der Waals surface area contributed by atoms with Crippen LogP contribution in [0.4, 0.5) is 5.69 Å². The molecule has 1 fully saturated rings. The zero-order valence-electron chi connectivity index (χ0n) is 16.5. The van der Waals surface area contributed by atoms with Crippen molar-refractivity contribution >= 4 is 33.2 Å². The average Bonchev–Trinajstić information content (AvgIpc) is 2.73. The fourth-order valence-corrected chi connectivity index (χ4v) is 5.87. The smallest absolute Gasteiger partial charge is 0.243 e. The van der Waals surface area contributed by atoms with Gasteiger partial charge in [-0.2, -0.15) is 4.31 Å². The summed E-state index contributed by atoms with van der Waals surface area (Å²) in [6, 6.07) is 12.5. The zero-order valence-corrected chi connectivity index (χ0v) is 18.0. The largest absolute Gasteiger partial charge is 0.312 e. The number of fused-ring (bicyclic) bond motifs is 1. The van der Waals surface area contributed by atoms with Crippen LogP contribution in [0.3, 0.4) is 0 Å². The van der Waals surface area contributed by atoms with Crippen LogP contribution in [-0.2, 0) is 21.2 Å². The second kappa shape index (κ2) is 8.09. The Morgan fingerprint density at radius 1 is 1.03 bits per heavy atom. The molecule has 2 aromatic rings. The minimum Gasteiger partial charge on any atom is -0.312 e. The third-order valence-electron chi connectivity index (χ3n) is 5.87. The molecule has 29 heavy (non-hydrogen) atoms. The van der Waals surface area contributed by atoms with E-state index in [0.717, 1.165) is 25.1 Å². The maximum atomic E-state index is 13.2. The van der Waals surface area contributed by atoms with Gasteiger partial charge >= 0.3 is 0 Å². The molecule has 0 unspecified atom stereocenters. The normalized spacial score (nSPS) is 18.5. The van der Waals surface area contributed by atoms with Crippen LogP contribution in [0, 0.1) is 12.8 Å². The van der Waals surface area contributed by atoms with Gasteiger partial charge in [-0.05, 0) is 68.5 Å². The predicted octanol–water partition coefficient (Wildman–Crippen LogP) is 4.03. The van der Waals surface area contributed by atoms with Gasteiger partial charge in [0.05, 0.1) is 4.90 Å². The van der Waals surface area contributed by atoms with Crippen LogP contribution in [0.15, 0.2) is 47.4 Å². The maximum Gasteiger partial charge on any atom is 0.243 e. The minimum absolute atomic E-state index is 0.123. The number of amides is 1. The van der Waals surface area contributed by atoms with E-state index in [9.17, 15) is 13.2 Å². The molecule has 4 rings (SSSR count). The topological polar surface area (TPSA) is 57.7 Å². The van der Waals surface area contributed by atoms with E-state index in [0.29, 0.717) is 31.0 Å². The van der Waals surface area contributed by atoms with E-state index in [2.05, 4.69) is 13.0 Å². The van der Waals surface area contributed by atoms with E-state index in [1.807, 2.05) is 17.0 Å². The Hall–Kier alpha value is -1.89. The summed E-state index contributed by atoms with van der Waals surface area (Å²) in [6.45, 7) is 3.52. The monoisotopic (exact) mass is 432 g/mol. The van der Waals surface area contributed by atoms with E-state index in [-0.39, 0.29) is 16.7 Å². The SMILES string of the molecule is Cc1ccc2c(c1)CCCN2C(=O)C1CCN(S(=O)(=O)c2ccc(Cl)cc2)CC1. The Morgan fingerprint density at radius 2 is 1.72 bits per heavy atom. The molecule has 7 heteroatoms. The molecule has 0 spiro atoms. The Labute approximate surface area is 177 Å². The summed E-state index contributed by atoms with van der Waals surface area (Å²) >= 11 is 5.87. The summed E-state index contributed by atoms with van der Waals surface area (Å²) in [5, 5.41) is 0.505. The zero-order chi connectivity index (χ0) is 20.6. The first kappa shape index (κ1) is 20.4. The lowest BCUT2D eigenvalue weighted by Gasteiger charge is -2.36. The molecule has 0 bridgehead atoms. The molecule has 0 saturated carbocycles. The van der Waals surface area contributed by atoms with Gasteiger partial charge in [0.15, 0.2) is 0 Å². The van der Waals surface area contributed by atoms with Gasteiger partial charge in [-0.1, -0.05) is 29.3 Å². The van der Waals surface area contributed by atoms with Crippen LogP contribution in [0.2, 0.25) is 5.02 Å². The Balaban J connectivity index is 1.45. The number of carbonyl (C=O) groups excluding carboxylic acids is 1. The van der Waals surface area contributed by atoms with Crippen LogP contribution < -0.4 is 4.90 Å². The number of rotatable bonds is 3. The number of hydrogen-bond donors (Lipinski definition) is 0. The molecule has 0 aliphatic carbocycles. The molecule has 2 aliphatic heterocycles. The van der Waals surface area contributed by atoms with Gasteiger partial charge in [-0.3, -0.25) is 4.79 Å². The first-order valence-corrected chi connectivity index (χ1v) is 11.8. The number of aryl methyl sites for hydroxylation is 2. The molecular weight excluding hydrogens is 408 g/mol. The lowest BCUT2D eigenvalue weighted by atomic mass is 9.93. The van der Waals surface area contributed by atoms with Crippen molar-refractivity contribution in [3.63, 3.8) is 0 Å². The summed E-state index contributed by atoms with van der Waals surface area (Å²) < 4.78 is 27.2. The molecule has 5 nitrogen and oxygen atoms in total. The van der Waals surface area contributed by atoms with Crippen LogP contribution in [0.5, 0.6) is 0 Å². The maximum absolute atomic E-state index is 13.2. The number of halogens is 1. The second-order valence-corrected chi connectivity index (χ2v) is 10.2. The fraction of sp³-hybridized carbons (Fsp3) is 0.409. The summed E-state index contributed by atoms with van der Waals surface area (Å²) in [6.07, 6.45) is 3.05. The minimum atomic E-state index is -3.56. The number of nitrogens with zero attached hydrogens (tertiary/aromatic N) is 2. The Morgan fingerprint density at radius 3 is 2.41 bits per heavy atom. The van der Waals surface area contributed by atoms with Crippen LogP contribution >= 0.6 is 11.6 Å². The molecule has 2 heterocycles. The number of piperidine rings is 1. The van der Waals surface area contributed by atoms with E-state index < -0.39 is 10.0 Å². The Kier molecular flexibility index (Phi) is 5.69. The molecule has 0 atom stereocenters. The highest BCUT2D eigenvalue weighted by Crippen LogP contribution is 2.32. The molecule has 1 saturated heterocycles. The van der Waals surface area contributed by atoms with Gasteiger partial charge in [0.25, 0.3) is 0 Å². The predicted molar refractivity (Wildman–Crippen MR) is 115 cm³/mol. The van der Waals surface area contributed by atoms with E-state index in [1.54, 1.807) is 12.1 Å². The molecule has 154 valence electrons. The summed E-state index contributed by atoms with van der Waals surface area (Å²) in [5.74, 6) is -0.0164. The summed E-state index contributed by atoms with van der Waals surface area (Å²) in [4.78, 5) is 15.4. The van der Waals surface area contributed by atoms with Crippen molar-refractivity contribution in [1.29, 1.82) is 0 Å². The highest BCUT2D eigenvalue weighted by molar-refractivity contribution is 7.89. The fourth-order valence-electron chi connectivity index (χ4n) is 4.27. The second-order valence-electron chi connectivity index (χ2n) is 7.86. The van der Waals surface area contributed by atoms with Crippen molar-refractivity contribution in [1.82, 2.24) is 4.31 Å². The number of hydrogen-bond acceptors (Lipinski definition) is 3. The van der Waals surface area contributed by atoms with Crippen LogP contribution in [0.25, 0.3) is 0 Å². The first-order chi connectivity index (χ1) is 13.9. The Bertz CT molecular complexity index is 1010. The van der Waals surface area contributed by atoms with Gasteiger partial charge in [-0.25, -0.2) is 8.42 Å². The molecule has 0 radical (unpaired) electrons. The quantitative estimate of drug-likeness (QED) is 0.735. The number of sulfonamides is 1.